The topological polar surface area (TPSA) is 113 Å². The zero-order valence-electron chi connectivity index (χ0n) is 14.9. The molecule has 3 N–H and O–H groups in total. The van der Waals surface area contributed by atoms with Crippen LogP contribution in [0.1, 0.15) is 54.9 Å². The largest absolute Gasteiger partial charge is 0.481 e. The Bertz CT molecular complexity index is 730. The number of aliphatic carboxylic acids is 1. The van der Waals surface area contributed by atoms with E-state index in [0.717, 1.165) is 24.8 Å². The fourth-order valence-electron chi connectivity index (χ4n) is 3.10. The summed E-state index contributed by atoms with van der Waals surface area (Å²) in [5.41, 5.74) is 1.18. The predicted molar refractivity (Wildman–Crippen MR) is 98.2 cm³/mol. The second-order valence-electron chi connectivity index (χ2n) is 6.58. The van der Waals surface area contributed by atoms with Gasteiger partial charge < -0.3 is 10.4 Å². The van der Waals surface area contributed by atoms with Crippen molar-refractivity contribution in [3.63, 3.8) is 0 Å². The van der Waals surface area contributed by atoms with E-state index in [0.29, 0.717) is 18.4 Å². The van der Waals surface area contributed by atoms with Crippen molar-refractivity contribution in [1.29, 1.82) is 0 Å². The molecule has 0 spiro atoms. The molecule has 1 aliphatic carbocycles. The molecular formula is C18H26N2O5S. The second-order valence-corrected chi connectivity index (χ2v) is 8.68. The maximum Gasteiger partial charge on any atom is 0.308 e. The lowest BCUT2D eigenvalue weighted by atomic mass is 9.94. The summed E-state index contributed by atoms with van der Waals surface area (Å²) in [7, 11) is -3.27. The van der Waals surface area contributed by atoms with Crippen LogP contribution in [0.5, 0.6) is 0 Å². The quantitative estimate of drug-likeness (QED) is 0.623. The molecule has 1 aliphatic rings. The number of sulfonamides is 1. The number of carboxylic acid groups (broad SMARTS) is 1. The van der Waals surface area contributed by atoms with Crippen molar-refractivity contribution in [2.45, 2.75) is 51.6 Å². The molecule has 1 fully saturated rings. The van der Waals surface area contributed by atoms with Crippen LogP contribution in [0.4, 0.5) is 0 Å². The van der Waals surface area contributed by atoms with Gasteiger partial charge in [-0.2, -0.15) is 0 Å². The van der Waals surface area contributed by atoms with Crippen LogP contribution in [0.15, 0.2) is 24.3 Å². The normalized spacial score (nSPS) is 21.0. The zero-order valence-corrected chi connectivity index (χ0v) is 15.7. The molecule has 0 radical (unpaired) electrons. The summed E-state index contributed by atoms with van der Waals surface area (Å²) in [5, 5.41) is 12.3. The van der Waals surface area contributed by atoms with E-state index in [1.165, 1.54) is 0 Å². The van der Waals surface area contributed by atoms with Gasteiger partial charge in [-0.3, -0.25) is 9.59 Å². The Morgan fingerprint density at radius 2 is 1.77 bits per heavy atom. The molecule has 8 heteroatoms. The molecule has 2 atom stereocenters. The summed E-state index contributed by atoms with van der Waals surface area (Å²) in [6, 6.07) is 6.26. The van der Waals surface area contributed by atoms with E-state index in [2.05, 4.69) is 10.0 Å². The maximum atomic E-state index is 12.5. The van der Waals surface area contributed by atoms with Gasteiger partial charge in [0.2, 0.25) is 10.0 Å². The first-order valence-corrected chi connectivity index (χ1v) is 10.6. The number of carbonyl (C=O) groups excluding carboxylic acids is 1. The Balaban J connectivity index is 1.99. The Kier molecular flexibility index (Phi) is 7.16. The van der Waals surface area contributed by atoms with Crippen LogP contribution in [0.3, 0.4) is 0 Å². The van der Waals surface area contributed by atoms with Crippen molar-refractivity contribution < 1.29 is 23.1 Å². The van der Waals surface area contributed by atoms with Crippen LogP contribution in [0.25, 0.3) is 0 Å². The van der Waals surface area contributed by atoms with E-state index in [1.54, 1.807) is 31.2 Å². The third-order valence-electron chi connectivity index (χ3n) is 4.74. The molecule has 0 aliphatic heterocycles. The molecule has 0 saturated heterocycles. The SMILES string of the molecule is CCS(=O)(=O)NCc1ccc(C(=O)N[C@H]2CCCCC[C@H]2C(=O)O)cc1. The first kappa shape index (κ1) is 20.4. The molecule has 0 unspecified atom stereocenters. The van der Waals surface area contributed by atoms with E-state index in [4.69, 9.17) is 0 Å². The van der Waals surface area contributed by atoms with Crippen molar-refractivity contribution in [2.75, 3.05) is 5.75 Å². The van der Waals surface area contributed by atoms with Crippen molar-refractivity contribution in [3.05, 3.63) is 35.4 Å². The van der Waals surface area contributed by atoms with Crippen molar-refractivity contribution in [3.8, 4) is 0 Å². The number of rotatable bonds is 7. The highest BCUT2D eigenvalue weighted by atomic mass is 32.2. The highest BCUT2D eigenvalue weighted by molar-refractivity contribution is 7.89. The monoisotopic (exact) mass is 382 g/mol. The first-order valence-electron chi connectivity index (χ1n) is 8.92. The molecule has 1 aromatic rings. The Hall–Kier alpha value is -1.93. The van der Waals surface area contributed by atoms with Crippen LogP contribution < -0.4 is 10.0 Å². The minimum absolute atomic E-state index is 0.0135. The van der Waals surface area contributed by atoms with E-state index in [1.807, 2.05) is 0 Å². The number of hydrogen-bond donors (Lipinski definition) is 3. The van der Waals surface area contributed by atoms with E-state index < -0.39 is 21.9 Å². The summed E-state index contributed by atoms with van der Waals surface area (Å²) in [6.45, 7) is 1.73. The van der Waals surface area contributed by atoms with Crippen LogP contribution in [0, 0.1) is 5.92 Å². The highest BCUT2D eigenvalue weighted by Crippen LogP contribution is 2.24. The smallest absolute Gasteiger partial charge is 0.308 e. The summed E-state index contributed by atoms with van der Waals surface area (Å²) in [6.07, 6.45) is 4.01. The number of amides is 1. The van der Waals surface area contributed by atoms with Crippen LogP contribution in [-0.4, -0.2) is 37.2 Å². The molecule has 1 aromatic carbocycles. The van der Waals surface area contributed by atoms with Gasteiger partial charge >= 0.3 is 5.97 Å². The molecule has 0 bridgehead atoms. The van der Waals surface area contributed by atoms with E-state index >= 15 is 0 Å². The summed E-state index contributed by atoms with van der Waals surface area (Å²) >= 11 is 0. The zero-order chi connectivity index (χ0) is 19.2. The lowest BCUT2D eigenvalue weighted by molar-refractivity contribution is -0.142. The number of benzene rings is 1. The molecule has 26 heavy (non-hydrogen) atoms. The Morgan fingerprint density at radius 3 is 2.38 bits per heavy atom. The molecule has 2 rings (SSSR count). The van der Waals surface area contributed by atoms with Crippen molar-refractivity contribution >= 4 is 21.9 Å². The Morgan fingerprint density at radius 1 is 1.12 bits per heavy atom. The minimum Gasteiger partial charge on any atom is -0.481 e. The van der Waals surface area contributed by atoms with Crippen LogP contribution in [0.2, 0.25) is 0 Å². The number of carbonyl (C=O) groups is 2. The molecule has 0 aromatic heterocycles. The lowest BCUT2D eigenvalue weighted by Gasteiger charge is -2.23. The van der Waals surface area contributed by atoms with Crippen LogP contribution >= 0.6 is 0 Å². The Labute approximate surface area is 154 Å². The number of carboxylic acids is 1. The van der Waals surface area contributed by atoms with E-state index in [9.17, 15) is 23.1 Å². The van der Waals surface area contributed by atoms with Gasteiger partial charge in [0.1, 0.15) is 0 Å². The summed E-state index contributed by atoms with van der Waals surface area (Å²) in [4.78, 5) is 23.9. The van der Waals surface area contributed by atoms with Gasteiger partial charge in [0.25, 0.3) is 5.91 Å². The summed E-state index contributed by atoms with van der Waals surface area (Å²) in [5.74, 6) is -1.71. The molecule has 1 amide bonds. The molecule has 1 saturated carbocycles. The van der Waals surface area contributed by atoms with Gasteiger partial charge in [-0.1, -0.05) is 31.4 Å². The standard InChI is InChI=1S/C18H26N2O5S/c1-2-26(24,25)19-12-13-8-10-14(11-9-13)17(21)20-16-7-5-3-4-6-15(16)18(22)23/h8-11,15-16,19H,2-7,12H2,1H3,(H,20,21)(H,22,23)/t15-,16+/m1/s1. The molecule has 144 valence electrons. The average molecular weight is 382 g/mol. The second kappa shape index (κ2) is 9.14. The van der Waals surface area contributed by atoms with Crippen LogP contribution in [-0.2, 0) is 21.4 Å². The third-order valence-corrected chi connectivity index (χ3v) is 6.09. The van der Waals surface area contributed by atoms with Crippen molar-refractivity contribution in [1.82, 2.24) is 10.0 Å². The summed E-state index contributed by atoms with van der Waals surface area (Å²) < 4.78 is 25.4. The third kappa shape index (κ3) is 5.81. The lowest BCUT2D eigenvalue weighted by Crippen LogP contribution is -2.42. The first-order chi connectivity index (χ1) is 12.3. The van der Waals surface area contributed by atoms with Gasteiger partial charge in [0, 0.05) is 18.2 Å². The van der Waals surface area contributed by atoms with Gasteiger partial charge in [0.05, 0.1) is 11.7 Å². The van der Waals surface area contributed by atoms with Crippen molar-refractivity contribution in [2.24, 2.45) is 5.92 Å². The van der Waals surface area contributed by atoms with Gasteiger partial charge in [-0.05, 0) is 37.5 Å². The molecule has 0 heterocycles. The van der Waals surface area contributed by atoms with E-state index in [-0.39, 0.29) is 24.2 Å². The molecule has 7 nitrogen and oxygen atoms in total. The fraction of sp³-hybridized carbons (Fsp3) is 0.556. The van der Waals surface area contributed by atoms with Gasteiger partial charge in [-0.25, -0.2) is 13.1 Å². The van der Waals surface area contributed by atoms with Gasteiger partial charge in [0.15, 0.2) is 0 Å². The molecular weight excluding hydrogens is 356 g/mol. The average Bonchev–Trinajstić information content (AvgIpc) is 2.86. The van der Waals surface area contributed by atoms with Gasteiger partial charge in [-0.15, -0.1) is 0 Å². The minimum atomic E-state index is -3.27. The maximum absolute atomic E-state index is 12.5. The predicted octanol–water partition coefficient (Wildman–Crippen LogP) is 1.89. The number of nitrogens with one attached hydrogen (secondary N) is 2. The number of hydrogen-bond acceptors (Lipinski definition) is 4. The fourth-order valence-corrected chi connectivity index (χ4v) is 3.69. The highest BCUT2D eigenvalue weighted by Gasteiger charge is 2.30.